The largest absolute Gasteiger partial charge is 0.481 e. The number of nitrogens with zero attached hydrogens (tertiary/aromatic N) is 4. The van der Waals surface area contributed by atoms with Crippen molar-refractivity contribution in [3.05, 3.63) is 59.9 Å². The average molecular weight is 595 g/mol. The molecule has 230 valence electrons. The lowest BCUT2D eigenvalue weighted by molar-refractivity contribution is 0.0429. The van der Waals surface area contributed by atoms with Crippen molar-refractivity contribution in [2.75, 3.05) is 22.1 Å². The van der Waals surface area contributed by atoms with Crippen LogP contribution < -0.4 is 15.5 Å². The predicted molar refractivity (Wildman–Crippen MR) is 166 cm³/mol. The zero-order valence-electron chi connectivity index (χ0n) is 26.0. The summed E-state index contributed by atoms with van der Waals surface area (Å²) in [6.07, 6.45) is -2.01. The molecule has 2 aromatic carbocycles. The van der Waals surface area contributed by atoms with Crippen LogP contribution in [0.3, 0.4) is 0 Å². The number of para-hydroxylation sites is 1. The average Bonchev–Trinajstić information content (AvgIpc) is 2.85. The lowest BCUT2D eigenvalue weighted by Crippen LogP contribution is -2.44. The minimum Gasteiger partial charge on any atom is -0.481 e. The topological polar surface area (TPSA) is 127 Å². The van der Waals surface area contributed by atoms with Gasteiger partial charge in [-0.2, -0.15) is 14.9 Å². The Morgan fingerprint density at radius 2 is 1.53 bits per heavy atom. The maximum atomic E-state index is 14.9. The van der Waals surface area contributed by atoms with Gasteiger partial charge in [-0.1, -0.05) is 23.8 Å². The van der Waals surface area contributed by atoms with Crippen LogP contribution in [0.2, 0.25) is 0 Å². The summed E-state index contributed by atoms with van der Waals surface area (Å²) >= 11 is 0. The predicted octanol–water partition coefficient (Wildman–Crippen LogP) is 8.17. The molecular formula is C31H39FN6O5. The molecule has 1 heterocycles. The van der Waals surface area contributed by atoms with Crippen LogP contribution in [0.4, 0.5) is 48.6 Å². The number of halogens is 1. The van der Waals surface area contributed by atoms with Crippen molar-refractivity contribution in [2.45, 2.75) is 73.5 Å². The fourth-order valence-electron chi connectivity index (χ4n) is 3.58. The van der Waals surface area contributed by atoms with E-state index in [1.165, 1.54) is 18.2 Å². The molecule has 0 atom stereocenters. The number of carbonyl (C=O) groups excluding carboxylic acids is 2. The summed E-state index contributed by atoms with van der Waals surface area (Å²) in [5, 5.41) is 6.13. The molecule has 0 aliphatic rings. The Morgan fingerprint density at radius 3 is 2.09 bits per heavy atom. The summed E-state index contributed by atoms with van der Waals surface area (Å²) in [4.78, 5) is 40.7. The van der Waals surface area contributed by atoms with Crippen LogP contribution in [0.5, 0.6) is 0 Å². The molecule has 0 spiro atoms. The number of hydrogen-bond donors (Lipinski definition) is 2. The van der Waals surface area contributed by atoms with Crippen LogP contribution in [-0.2, 0) is 14.2 Å². The number of ether oxygens (including phenoxy) is 3. The molecule has 3 rings (SSSR count). The van der Waals surface area contributed by atoms with Crippen molar-refractivity contribution in [1.29, 1.82) is 0 Å². The summed E-state index contributed by atoms with van der Waals surface area (Å²) in [5.74, 6) is -0.328. The molecule has 11 nitrogen and oxygen atoms in total. The van der Waals surface area contributed by atoms with Crippen molar-refractivity contribution >= 4 is 52.7 Å². The molecular weight excluding hydrogens is 555 g/mol. The minimum absolute atomic E-state index is 0.0159. The van der Waals surface area contributed by atoms with Gasteiger partial charge in [-0.05, 0) is 79.7 Å². The maximum absolute atomic E-state index is 14.9. The van der Waals surface area contributed by atoms with E-state index >= 15 is 0 Å². The standard InChI is InChI=1S/C31H39FN6O5/c1-10-41-20(3)33-26-22(32)12-11-13-23(26)35-24-18-25(37-27(36-24)34-21-16-14-19(2)15-17-21)38(28(39)42-30(4,5)6)29(40)43-31(7,8)9/h11-18H,10H2,1-9H3,(H2,34,35,36,37). The summed E-state index contributed by atoms with van der Waals surface area (Å²) in [6.45, 7) is 15.8. The van der Waals surface area contributed by atoms with Gasteiger partial charge >= 0.3 is 12.2 Å². The number of benzene rings is 2. The first-order valence-electron chi connectivity index (χ1n) is 13.8. The van der Waals surface area contributed by atoms with Crippen LogP contribution in [0, 0.1) is 12.7 Å². The zero-order valence-corrected chi connectivity index (χ0v) is 26.0. The van der Waals surface area contributed by atoms with E-state index in [1.807, 2.05) is 31.2 Å². The SMILES string of the molecule is CCOC(C)=Nc1c(F)cccc1Nc1cc(N(C(=O)OC(C)(C)C)C(=O)OC(C)(C)C)nc(Nc2ccc(C)cc2)n1. The first-order valence-corrected chi connectivity index (χ1v) is 13.8. The number of nitrogens with one attached hydrogen (secondary N) is 2. The Bertz CT molecular complexity index is 1450. The number of carbonyl (C=O) groups is 2. The highest BCUT2D eigenvalue weighted by molar-refractivity contribution is 6.09. The summed E-state index contributed by atoms with van der Waals surface area (Å²) in [7, 11) is 0. The maximum Gasteiger partial charge on any atom is 0.425 e. The number of aromatic nitrogens is 2. The zero-order chi connectivity index (χ0) is 31.9. The molecule has 1 aromatic heterocycles. The summed E-state index contributed by atoms with van der Waals surface area (Å²) < 4.78 is 31.4. The van der Waals surface area contributed by atoms with E-state index in [9.17, 15) is 14.0 Å². The fourth-order valence-corrected chi connectivity index (χ4v) is 3.58. The van der Waals surface area contributed by atoms with Crippen LogP contribution in [-0.4, -0.2) is 45.9 Å². The molecule has 0 unspecified atom stereocenters. The van der Waals surface area contributed by atoms with Crippen molar-refractivity contribution in [3.63, 3.8) is 0 Å². The highest BCUT2D eigenvalue weighted by Crippen LogP contribution is 2.33. The van der Waals surface area contributed by atoms with E-state index < -0.39 is 29.2 Å². The van der Waals surface area contributed by atoms with Gasteiger partial charge in [0.1, 0.15) is 22.7 Å². The fraction of sp³-hybridized carbons (Fsp3) is 0.387. The second-order valence-electron chi connectivity index (χ2n) is 11.5. The van der Waals surface area contributed by atoms with Crippen LogP contribution in [0.15, 0.2) is 53.5 Å². The van der Waals surface area contributed by atoms with Gasteiger partial charge in [-0.25, -0.2) is 19.0 Å². The van der Waals surface area contributed by atoms with Crippen LogP contribution >= 0.6 is 0 Å². The smallest absolute Gasteiger partial charge is 0.425 e. The second kappa shape index (κ2) is 13.5. The summed E-state index contributed by atoms with van der Waals surface area (Å²) in [5.41, 5.74) is 0.0787. The van der Waals surface area contributed by atoms with Gasteiger partial charge in [0, 0.05) is 18.7 Å². The van der Waals surface area contributed by atoms with Gasteiger partial charge in [-0.3, -0.25) is 0 Å². The first kappa shape index (κ1) is 32.8. The Kier molecular flexibility index (Phi) is 10.3. The number of anilines is 5. The Hall–Kier alpha value is -4.74. The monoisotopic (exact) mass is 594 g/mol. The van der Waals surface area contributed by atoms with Crippen molar-refractivity contribution in [1.82, 2.24) is 9.97 Å². The van der Waals surface area contributed by atoms with E-state index in [0.717, 1.165) is 5.56 Å². The molecule has 0 saturated heterocycles. The molecule has 0 fully saturated rings. The normalized spacial score (nSPS) is 11.9. The number of rotatable bonds is 7. The third-order valence-electron chi connectivity index (χ3n) is 5.27. The van der Waals surface area contributed by atoms with Gasteiger partial charge < -0.3 is 24.8 Å². The molecule has 3 aromatic rings. The molecule has 12 heteroatoms. The van der Waals surface area contributed by atoms with Gasteiger partial charge in [-0.15, -0.1) is 0 Å². The number of aliphatic imine (C=N–C) groups is 1. The van der Waals surface area contributed by atoms with Crippen LogP contribution in [0.1, 0.15) is 61.0 Å². The van der Waals surface area contributed by atoms with Crippen molar-refractivity contribution < 1.29 is 28.2 Å². The Balaban J connectivity index is 2.17. The Morgan fingerprint density at radius 1 is 0.930 bits per heavy atom. The molecule has 43 heavy (non-hydrogen) atoms. The number of hydrogen-bond acceptors (Lipinski definition) is 10. The molecule has 0 bridgehead atoms. The number of aryl methyl sites for hydroxylation is 1. The van der Waals surface area contributed by atoms with E-state index in [4.69, 9.17) is 14.2 Å². The third kappa shape index (κ3) is 9.94. The number of amides is 2. The van der Waals surface area contributed by atoms with Crippen LogP contribution in [0.25, 0.3) is 0 Å². The second-order valence-corrected chi connectivity index (χ2v) is 11.5. The third-order valence-corrected chi connectivity index (χ3v) is 5.27. The molecule has 0 aliphatic heterocycles. The van der Waals surface area contributed by atoms with Gasteiger partial charge in [0.05, 0.1) is 12.3 Å². The molecule has 2 N–H and O–H groups in total. The van der Waals surface area contributed by atoms with E-state index in [2.05, 4.69) is 25.6 Å². The lowest BCUT2D eigenvalue weighted by Gasteiger charge is -2.28. The van der Waals surface area contributed by atoms with E-state index in [0.29, 0.717) is 17.2 Å². The minimum atomic E-state index is -1.00. The molecule has 0 saturated carbocycles. The molecule has 2 amide bonds. The van der Waals surface area contributed by atoms with Gasteiger partial charge in [0.2, 0.25) is 5.95 Å². The highest BCUT2D eigenvalue weighted by atomic mass is 19.1. The van der Waals surface area contributed by atoms with E-state index in [1.54, 1.807) is 61.5 Å². The highest BCUT2D eigenvalue weighted by Gasteiger charge is 2.34. The molecule has 0 aliphatic carbocycles. The Labute approximate surface area is 251 Å². The van der Waals surface area contributed by atoms with Gasteiger partial charge in [0.25, 0.3) is 0 Å². The number of imide groups is 1. The van der Waals surface area contributed by atoms with Crippen molar-refractivity contribution in [2.24, 2.45) is 4.99 Å². The molecule has 0 radical (unpaired) electrons. The first-order chi connectivity index (χ1) is 20.0. The quantitative estimate of drug-likeness (QED) is 0.206. The van der Waals surface area contributed by atoms with Crippen molar-refractivity contribution in [3.8, 4) is 0 Å². The summed E-state index contributed by atoms with van der Waals surface area (Å²) in [6, 6.07) is 13.2. The van der Waals surface area contributed by atoms with E-state index in [-0.39, 0.29) is 34.9 Å². The lowest BCUT2D eigenvalue weighted by atomic mass is 10.2. The van der Waals surface area contributed by atoms with Gasteiger partial charge in [0.15, 0.2) is 17.5 Å².